The highest BCUT2D eigenvalue weighted by Crippen LogP contribution is 2.13. The first-order valence-electron chi connectivity index (χ1n) is 8.00. The zero-order valence-electron chi connectivity index (χ0n) is 13.5. The van der Waals surface area contributed by atoms with E-state index in [4.69, 9.17) is 0 Å². The van der Waals surface area contributed by atoms with Crippen molar-refractivity contribution in [3.05, 3.63) is 76.3 Å². The molecule has 0 fully saturated rings. The Morgan fingerprint density at radius 1 is 1.17 bits per heavy atom. The van der Waals surface area contributed by atoms with Gasteiger partial charge in [0, 0.05) is 23.8 Å². The van der Waals surface area contributed by atoms with Gasteiger partial charge in [0.1, 0.15) is 5.69 Å². The largest absolute Gasteiger partial charge is 0.333 e. The van der Waals surface area contributed by atoms with Gasteiger partial charge >= 0.3 is 0 Å². The van der Waals surface area contributed by atoms with Gasteiger partial charge in [0.2, 0.25) is 0 Å². The van der Waals surface area contributed by atoms with E-state index >= 15 is 0 Å². The molecule has 1 N–H and O–H groups in total. The van der Waals surface area contributed by atoms with Crippen molar-refractivity contribution in [1.29, 1.82) is 0 Å². The summed E-state index contributed by atoms with van der Waals surface area (Å²) in [6.45, 7) is 2.84. The second-order valence-corrected chi connectivity index (χ2v) is 5.65. The minimum atomic E-state index is -0.163. The standard InChI is InChI=1S/C19H19N3O2/c1-2-11-22(19(24)17-9-5-6-10-20-17)13-15-12-14-7-3-4-8-16(14)21-18(15)23/h3-10,12H,2,11,13H2,1H3,(H,21,23). The minimum Gasteiger partial charge on any atom is -0.333 e. The summed E-state index contributed by atoms with van der Waals surface area (Å²) in [4.78, 5) is 33.7. The number of rotatable bonds is 5. The molecule has 2 aromatic heterocycles. The van der Waals surface area contributed by atoms with Crippen LogP contribution in [0.4, 0.5) is 0 Å². The molecule has 24 heavy (non-hydrogen) atoms. The summed E-state index contributed by atoms with van der Waals surface area (Å²) in [6, 6.07) is 14.7. The first-order valence-corrected chi connectivity index (χ1v) is 8.00. The molecule has 0 aliphatic heterocycles. The number of amides is 1. The highest BCUT2D eigenvalue weighted by Gasteiger charge is 2.18. The van der Waals surface area contributed by atoms with Crippen LogP contribution in [-0.4, -0.2) is 27.3 Å². The van der Waals surface area contributed by atoms with Gasteiger partial charge in [-0.3, -0.25) is 14.6 Å². The SMILES string of the molecule is CCCN(Cc1cc2ccccc2[nH]c1=O)C(=O)c1ccccn1. The number of aromatic nitrogens is 2. The van der Waals surface area contributed by atoms with Crippen LogP contribution in [0.5, 0.6) is 0 Å². The highest BCUT2D eigenvalue weighted by atomic mass is 16.2. The zero-order valence-corrected chi connectivity index (χ0v) is 13.5. The lowest BCUT2D eigenvalue weighted by Crippen LogP contribution is -2.34. The fourth-order valence-corrected chi connectivity index (χ4v) is 2.69. The molecule has 1 aromatic carbocycles. The van der Waals surface area contributed by atoms with Gasteiger partial charge in [-0.25, -0.2) is 0 Å². The predicted molar refractivity (Wildman–Crippen MR) is 93.8 cm³/mol. The number of pyridine rings is 2. The quantitative estimate of drug-likeness (QED) is 0.785. The van der Waals surface area contributed by atoms with Crippen LogP contribution in [0.2, 0.25) is 0 Å². The van der Waals surface area contributed by atoms with Crippen LogP contribution in [0.25, 0.3) is 10.9 Å². The van der Waals surface area contributed by atoms with Crippen LogP contribution < -0.4 is 5.56 Å². The van der Waals surface area contributed by atoms with Crippen LogP contribution in [0.3, 0.4) is 0 Å². The van der Waals surface area contributed by atoms with Crippen molar-refractivity contribution < 1.29 is 4.79 Å². The first-order chi connectivity index (χ1) is 11.7. The van der Waals surface area contributed by atoms with E-state index in [0.717, 1.165) is 17.3 Å². The number of benzene rings is 1. The minimum absolute atomic E-state index is 0.162. The number of para-hydroxylation sites is 1. The van der Waals surface area contributed by atoms with Gasteiger partial charge < -0.3 is 9.88 Å². The number of aromatic amines is 1. The lowest BCUT2D eigenvalue weighted by molar-refractivity contribution is 0.0736. The third kappa shape index (κ3) is 3.35. The molecule has 5 nitrogen and oxygen atoms in total. The second kappa shape index (κ2) is 7.08. The third-order valence-corrected chi connectivity index (χ3v) is 3.86. The Morgan fingerprint density at radius 3 is 2.71 bits per heavy atom. The summed E-state index contributed by atoms with van der Waals surface area (Å²) in [6.07, 6.45) is 2.41. The van der Waals surface area contributed by atoms with Crippen molar-refractivity contribution in [3.8, 4) is 0 Å². The van der Waals surface area contributed by atoms with E-state index in [-0.39, 0.29) is 18.0 Å². The average molecular weight is 321 g/mol. The summed E-state index contributed by atoms with van der Waals surface area (Å²) < 4.78 is 0. The molecule has 1 amide bonds. The number of hydrogen-bond acceptors (Lipinski definition) is 3. The van der Waals surface area contributed by atoms with Crippen molar-refractivity contribution in [2.45, 2.75) is 19.9 Å². The number of nitrogens with zero attached hydrogens (tertiary/aromatic N) is 2. The van der Waals surface area contributed by atoms with Gasteiger partial charge in [-0.15, -0.1) is 0 Å². The normalized spacial score (nSPS) is 10.7. The summed E-state index contributed by atoms with van der Waals surface area (Å²) >= 11 is 0. The molecule has 0 bridgehead atoms. The molecular formula is C19H19N3O2. The smallest absolute Gasteiger partial charge is 0.272 e. The lowest BCUT2D eigenvalue weighted by atomic mass is 10.1. The molecule has 2 heterocycles. The zero-order chi connectivity index (χ0) is 16.9. The van der Waals surface area contributed by atoms with Crippen LogP contribution in [0.1, 0.15) is 29.4 Å². The Kier molecular flexibility index (Phi) is 4.70. The number of H-pyrrole nitrogens is 1. The third-order valence-electron chi connectivity index (χ3n) is 3.86. The summed E-state index contributed by atoms with van der Waals surface area (Å²) in [5, 5.41) is 0.953. The van der Waals surface area contributed by atoms with Crippen LogP contribution >= 0.6 is 0 Å². The molecule has 0 radical (unpaired) electrons. The molecule has 122 valence electrons. The molecular weight excluding hydrogens is 302 g/mol. The fourth-order valence-electron chi connectivity index (χ4n) is 2.69. The first kappa shape index (κ1) is 15.9. The fraction of sp³-hybridized carbons (Fsp3) is 0.211. The Hall–Kier alpha value is -2.95. The van der Waals surface area contributed by atoms with Gasteiger partial charge in [0.15, 0.2) is 0 Å². The average Bonchev–Trinajstić information content (AvgIpc) is 2.62. The maximum Gasteiger partial charge on any atom is 0.272 e. The molecule has 0 spiro atoms. The lowest BCUT2D eigenvalue weighted by Gasteiger charge is -2.21. The molecule has 3 rings (SSSR count). The molecule has 0 aliphatic carbocycles. The number of carbonyl (C=O) groups excluding carboxylic acids is 1. The number of carbonyl (C=O) groups is 1. The summed E-state index contributed by atoms with van der Waals surface area (Å²) in [7, 11) is 0. The maximum atomic E-state index is 12.7. The van der Waals surface area contributed by atoms with E-state index in [1.54, 1.807) is 29.3 Å². The highest BCUT2D eigenvalue weighted by molar-refractivity contribution is 5.92. The van der Waals surface area contributed by atoms with Gasteiger partial charge in [0.25, 0.3) is 11.5 Å². The molecule has 0 atom stereocenters. The Bertz CT molecular complexity index is 903. The van der Waals surface area contributed by atoms with Crippen LogP contribution in [-0.2, 0) is 6.54 Å². The predicted octanol–water partition coefficient (Wildman–Crippen LogP) is 2.98. The Labute approximate surface area is 140 Å². The molecule has 5 heteroatoms. The van der Waals surface area contributed by atoms with Gasteiger partial charge in [-0.1, -0.05) is 31.2 Å². The van der Waals surface area contributed by atoms with Crippen LogP contribution in [0, 0.1) is 0 Å². The van der Waals surface area contributed by atoms with Gasteiger partial charge in [0.05, 0.1) is 6.54 Å². The van der Waals surface area contributed by atoms with E-state index < -0.39 is 0 Å². The number of fused-ring (bicyclic) bond motifs is 1. The van der Waals surface area contributed by atoms with E-state index in [1.165, 1.54) is 0 Å². The van der Waals surface area contributed by atoms with Gasteiger partial charge in [-0.05, 0) is 36.1 Å². The van der Waals surface area contributed by atoms with E-state index in [1.807, 2.05) is 37.3 Å². The summed E-state index contributed by atoms with van der Waals surface area (Å²) in [5.74, 6) is -0.162. The van der Waals surface area contributed by atoms with E-state index in [9.17, 15) is 9.59 Å². The molecule has 0 saturated carbocycles. The van der Waals surface area contributed by atoms with Crippen molar-refractivity contribution in [1.82, 2.24) is 14.9 Å². The number of hydrogen-bond donors (Lipinski definition) is 1. The molecule has 3 aromatic rings. The van der Waals surface area contributed by atoms with Crippen LogP contribution in [0.15, 0.2) is 59.5 Å². The molecule has 0 unspecified atom stereocenters. The number of nitrogens with one attached hydrogen (secondary N) is 1. The molecule has 0 saturated heterocycles. The topological polar surface area (TPSA) is 66.1 Å². The monoisotopic (exact) mass is 321 g/mol. The van der Waals surface area contributed by atoms with Crippen molar-refractivity contribution in [3.63, 3.8) is 0 Å². The second-order valence-electron chi connectivity index (χ2n) is 5.65. The van der Waals surface area contributed by atoms with Crippen molar-refractivity contribution in [2.75, 3.05) is 6.54 Å². The Balaban J connectivity index is 1.92. The van der Waals surface area contributed by atoms with E-state index in [0.29, 0.717) is 17.8 Å². The Morgan fingerprint density at radius 2 is 1.96 bits per heavy atom. The van der Waals surface area contributed by atoms with Crippen molar-refractivity contribution >= 4 is 16.8 Å². The maximum absolute atomic E-state index is 12.7. The van der Waals surface area contributed by atoms with Crippen molar-refractivity contribution in [2.24, 2.45) is 0 Å². The van der Waals surface area contributed by atoms with Gasteiger partial charge in [-0.2, -0.15) is 0 Å². The molecule has 0 aliphatic rings. The van der Waals surface area contributed by atoms with E-state index in [2.05, 4.69) is 9.97 Å². The summed E-state index contributed by atoms with van der Waals surface area (Å²) in [5.41, 5.74) is 1.60.